The molecule has 0 unspecified atom stereocenters. The van der Waals surface area contributed by atoms with Crippen molar-refractivity contribution in [1.29, 1.82) is 0 Å². The van der Waals surface area contributed by atoms with Crippen molar-refractivity contribution in [2.45, 2.75) is 76.5 Å². The Kier molecular flexibility index (Phi) is 7.54. The fourth-order valence-corrected chi connectivity index (χ4v) is 4.69. The molecule has 2 heterocycles. The second-order valence-corrected chi connectivity index (χ2v) is 9.43. The van der Waals surface area contributed by atoms with Crippen molar-refractivity contribution in [2.75, 3.05) is 7.05 Å². The summed E-state index contributed by atoms with van der Waals surface area (Å²) >= 11 is 0. The first-order valence-electron chi connectivity index (χ1n) is 12.1. The molecular weight excluding hydrogens is 454 g/mol. The van der Waals surface area contributed by atoms with Crippen LogP contribution in [0.4, 0.5) is 4.79 Å². The fourth-order valence-electron chi connectivity index (χ4n) is 4.69. The third-order valence-corrected chi connectivity index (χ3v) is 6.95. The van der Waals surface area contributed by atoms with Crippen LogP contribution in [0.1, 0.15) is 64.0 Å². The molecule has 190 valence electrons. The lowest BCUT2D eigenvalue weighted by molar-refractivity contribution is -0.148. The van der Waals surface area contributed by atoms with Gasteiger partial charge in [0, 0.05) is 14.1 Å². The van der Waals surface area contributed by atoms with E-state index in [1.54, 1.807) is 37.5 Å². The van der Waals surface area contributed by atoms with Crippen molar-refractivity contribution in [2.24, 2.45) is 13.0 Å². The summed E-state index contributed by atoms with van der Waals surface area (Å²) in [7, 11) is 3.48. The molecule has 0 aliphatic heterocycles. The summed E-state index contributed by atoms with van der Waals surface area (Å²) in [6, 6.07) is 3.53. The smallest absolute Gasteiger partial charge is 0.489 e. The molecule has 11 nitrogen and oxygen atoms in total. The van der Waals surface area contributed by atoms with Crippen molar-refractivity contribution in [3.05, 3.63) is 24.0 Å². The molecular formula is C24H33N5O6. The van der Waals surface area contributed by atoms with E-state index < -0.39 is 12.1 Å². The highest BCUT2D eigenvalue weighted by molar-refractivity contribution is 5.70. The monoisotopic (exact) mass is 487 g/mol. The van der Waals surface area contributed by atoms with Gasteiger partial charge in [-0.2, -0.15) is 0 Å². The maximum atomic E-state index is 12.3. The van der Waals surface area contributed by atoms with Gasteiger partial charge in [0.25, 0.3) is 0 Å². The first-order chi connectivity index (χ1) is 16.8. The lowest BCUT2D eigenvalue weighted by Gasteiger charge is -2.27. The zero-order chi connectivity index (χ0) is 25.0. The van der Waals surface area contributed by atoms with E-state index in [0.717, 1.165) is 38.5 Å². The molecule has 0 spiro atoms. The van der Waals surface area contributed by atoms with Gasteiger partial charge in [0.15, 0.2) is 0 Å². The Morgan fingerprint density at radius 1 is 1.29 bits per heavy atom. The van der Waals surface area contributed by atoms with E-state index >= 15 is 0 Å². The minimum atomic E-state index is -0.772. The van der Waals surface area contributed by atoms with Crippen LogP contribution >= 0.6 is 0 Å². The van der Waals surface area contributed by atoms with Crippen LogP contribution in [0.25, 0.3) is 11.4 Å². The molecule has 0 saturated heterocycles. The summed E-state index contributed by atoms with van der Waals surface area (Å²) in [6.07, 6.45) is 7.51. The Morgan fingerprint density at radius 3 is 2.74 bits per heavy atom. The van der Waals surface area contributed by atoms with Crippen molar-refractivity contribution >= 4 is 12.1 Å². The average Bonchev–Trinajstić information content (AvgIpc) is 3.54. The predicted octanol–water partition coefficient (Wildman–Crippen LogP) is 3.73. The van der Waals surface area contributed by atoms with Gasteiger partial charge in [0.05, 0.1) is 29.5 Å². The molecule has 2 aliphatic carbocycles. The number of aromatic nitrogens is 4. The highest BCUT2D eigenvalue weighted by atomic mass is 16.8. The van der Waals surface area contributed by atoms with E-state index in [0.29, 0.717) is 35.7 Å². The van der Waals surface area contributed by atoms with E-state index in [-0.39, 0.29) is 24.2 Å². The zero-order valence-corrected chi connectivity index (χ0v) is 20.5. The van der Waals surface area contributed by atoms with Gasteiger partial charge in [-0.3, -0.25) is 9.78 Å². The number of nitrogens with zero attached hydrogens (tertiary/aromatic N) is 5. The quantitative estimate of drug-likeness (QED) is 0.391. The van der Waals surface area contributed by atoms with Gasteiger partial charge in [-0.25, -0.2) is 9.48 Å². The number of aryl methyl sites for hydroxylation is 1. The molecule has 35 heavy (non-hydrogen) atoms. The molecule has 0 amide bonds. The molecule has 11 heteroatoms. The van der Waals surface area contributed by atoms with Gasteiger partial charge in [0.1, 0.15) is 23.7 Å². The van der Waals surface area contributed by atoms with Crippen LogP contribution in [0.3, 0.4) is 0 Å². The minimum Gasteiger partial charge on any atom is -0.489 e. The molecule has 2 aliphatic rings. The van der Waals surface area contributed by atoms with Crippen LogP contribution in [0.15, 0.2) is 18.3 Å². The summed E-state index contributed by atoms with van der Waals surface area (Å²) in [5.74, 6) is -0.567. The van der Waals surface area contributed by atoms with Crippen LogP contribution in [0, 0.1) is 5.92 Å². The van der Waals surface area contributed by atoms with E-state index in [1.165, 1.54) is 4.68 Å². The molecule has 4 rings (SSSR count). The number of aliphatic carboxylic acids is 1. The van der Waals surface area contributed by atoms with Crippen LogP contribution < -0.4 is 4.74 Å². The van der Waals surface area contributed by atoms with Gasteiger partial charge in [-0.15, -0.1) is 10.2 Å². The summed E-state index contributed by atoms with van der Waals surface area (Å²) in [4.78, 5) is 33.4. The molecule has 2 aromatic rings. The Labute approximate surface area is 204 Å². The molecule has 2 fully saturated rings. The summed E-state index contributed by atoms with van der Waals surface area (Å²) < 4.78 is 12.9. The van der Waals surface area contributed by atoms with Crippen molar-refractivity contribution in [3.63, 3.8) is 0 Å². The van der Waals surface area contributed by atoms with Crippen molar-refractivity contribution in [1.82, 2.24) is 25.0 Å². The number of ether oxygens (including phenoxy) is 2. The number of hydrogen-bond donors (Lipinski definition) is 1. The first kappa shape index (κ1) is 24.9. The predicted molar refractivity (Wildman–Crippen MR) is 124 cm³/mol. The number of hydroxylamine groups is 2. The summed E-state index contributed by atoms with van der Waals surface area (Å²) in [5.41, 5.74) is 1.57. The molecule has 0 aromatic carbocycles. The molecule has 2 aromatic heterocycles. The molecule has 1 N–H and O–H groups in total. The van der Waals surface area contributed by atoms with E-state index in [1.807, 2.05) is 0 Å². The number of hydrogen-bond acceptors (Lipinski definition) is 9. The maximum absolute atomic E-state index is 12.3. The van der Waals surface area contributed by atoms with E-state index in [9.17, 15) is 14.7 Å². The van der Waals surface area contributed by atoms with E-state index in [4.69, 9.17) is 14.3 Å². The normalized spacial score (nSPS) is 20.9. The van der Waals surface area contributed by atoms with Gasteiger partial charge in [0.2, 0.25) is 0 Å². The average molecular weight is 488 g/mol. The number of rotatable bonds is 10. The topological polar surface area (TPSA) is 129 Å². The Balaban J connectivity index is 1.34. The molecule has 0 bridgehead atoms. The number of carboxylic acid groups (broad SMARTS) is 1. The van der Waals surface area contributed by atoms with E-state index in [2.05, 4.69) is 22.2 Å². The van der Waals surface area contributed by atoms with Gasteiger partial charge < -0.3 is 19.4 Å². The van der Waals surface area contributed by atoms with Crippen LogP contribution in [-0.2, 0) is 28.0 Å². The van der Waals surface area contributed by atoms with Gasteiger partial charge >= 0.3 is 12.1 Å². The fraction of sp³-hybridized carbons (Fsp3) is 0.625. The van der Waals surface area contributed by atoms with Crippen molar-refractivity contribution < 1.29 is 29.0 Å². The minimum absolute atomic E-state index is 0.0626. The largest absolute Gasteiger partial charge is 0.528 e. The second kappa shape index (κ2) is 10.6. The molecule has 2 saturated carbocycles. The van der Waals surface area contributed by atoms with Crippen LogP contribution in [0.2, 0.25) is 0 Å². The number of pyridine rings is 1. The van der Waals surface area contributed by atoms with Crippen molar-refractivity contribution in [3.8, 4) is 17.1 Å². The highest BCUT2D eigenvalue weighted by Gasteiger charge is 2.48. The number of carbonyl (C=O) groups is 2. The standard InChI is InChI=1S/C24H33N5O6/c1-4-10-24(11-12-24)29(3)35-23(32)33-15-20-21(26-27-28(20)2)19-9-8-18(14-25-19)34-17-7-5-6-16(13-17)22(30)31/h8-9,14,16-17H,4-7,10-13,15H2,1-3H3,(H,30,31)/t16-,17-/m0/s1. The summed E-state index contributed by atoms with van der Waals surface area (Å²) in [6.45, 7) is 2.05. The van der Waals surface area contributed by atoms with Gasteiger partial charge in [-0.1, -0.05) is 18.6 Å². The number of carboxylic acids is 1. The lowest BCUT2D eigenvalue weighted by Crippen LogP contribution is -2.36. The van der Waals surface area contributed by atoms with Crippen LogP contribution in [-0.4, -0.2) is 61.0 Å². The third kappa shape index (κ3) is 5.90. The molecule has 0 radical (unpaired) electrons. The zero-order valence-electron chi connectivity index (χ0n) is 20.5. The first-order valence-corrected chi connectivity index (χ1v) is 12.1. The Morgan fingerprint density at radius 2 is 2.09 bits per heavy atom. The summed E-state index contributed by atoms with van der Waals surface area (Å²) in [5, 5.41) is 19.1. The molecule has 2 atom stereocenters. The third-order valence-electron chi connectivity index (χ3n) is 6.95. The lowest BCUT2D eigenvalue weighted by atomic mass is 9.87. The Bertz CT molecular complexity index is 1040. The maximum Gasteiger partial charge on any atom is 0.528 e. The second-order valence-electron chi connectivity index (χ2n) is 9.43. The number of carbonyl (C=O) groups excluding carboxylic acids is 1. The SMILES string of the molecule is CCCC1(N(C)OC(=O)OCc2c(-c3ccc(O[C@H]4CCC[C@H](C(=O)O)C4)cn3)nnn2C)CC1. The van der Waals surface area contributed by atoms with Gasteiger partial charge in [-0.05, 0) is 57.1 Å². The highest BCUT2D eigenvalue weighted by Crippen LogP contribution is 2.45. The van der Waals surface area contributed by atoms with Crippen LogP contribution in [0.5, 0.6) is 5.75 Å². The Hall–Kier alpha value is -3.21.